The monoisotopic (exact) mass is 262 g/mol. The van der Waals surface area contributed by atoms with E-state index in [0.29, 0.717) is 0 Å². The van der Waals surface area contributed by atoms with Crippen molar-refractivity contribution in [2.45, 2.75) is 12.8 Å². The summed E-state index contributed by atoms with van der Waals surface area (Å²) in [6.45, 7) is 1.01. The van der Waals surface area contributed by atoms with E-state index in [4.69, 9.17) is 5.73 Å². The lowest BCUT2D eigenvalue weighted by atomic mass is 10.0. The van der Waals surface area contributed by atoms with Crippen LogP contribution in [0.2, 0.25) is 0 Å². The topological polar surface area (TPSA) is 66.7 Å². The molecule has 0 atom stereocenters. The van der Waals surface area contributed by atoms with E-state index in [1.807, 2.05) is 18.2 Å². The van der Waals surface area contributed by atoms with Gasteiger partial charge in [0.2, 0.25) is 5.95 Å². The number of fused-ring (bicyclic) bond motifs is 1. The molecular formula is C13H18N4S. The summed E-state index contributed by atoms with van der Waals surface area (Å²) in [4.78, 5) is 7.78. The van der Waals surface area contributed by atoms with Gasteiger partial charge < -0.3 is 16.0 Å². The van der Waals surface area contributed by atoms with Crippen LogP contribution >= 0.6 is 11.8 Å². The summed E-state index contributed by atoms with van der Waals surface area (Å²) in [6.07, 6.45) is 2.62. The molecular weight excluding hydrogens is 244 g/mol. The van der Waals surface area contributed by atoms with Gasteiger partial charge in [-0.25, -0.2) is 4.98 Å². The molecule has 1 fully saturated rings. The summed E-state index contributed by atoms with van der Waals surface area (Å²) in [7, 11) is 0. The molecule has 1 aliphatic rings. The normalized spacial score (nSPS) is 17.1. The van der Waals surface area contributed by atoms with Crippen molar-refractivity contribution in [3.05, 3.63) is 18.2 Å². The molecule has 2 aromatic rings. The minimum absolute atomic E-state index is 0.766. The molecule has 1 aromatic carbocycles. The molecule has 1 aliphatic heterocycles. The molecule has 0 aliphatic carbocycles. The predicted octanol–water partition coefficient (Wildman–Crippen LogP) is 2.70. The van der Waals surface area contributed by atoms with Crippen LogP contribution in [0.3, 0.4) is 0 Å². The smallest absolute Gasteiger partial charge is 0.201 e. The van der Waals surface area contributed by atoms with Crippen LogP contribution in [-0.4, -0.2) is 28.0 Å². The Kier molecular flexibility index (Phi) is 3.32. The fourth-order valence-corrected chi connectivity index (χ4v) is 3.51. The third kappa shape index (κ3) is 2.56. The number of nitrogens with zero attached hydrogens (tertiary/aromatic N) is 1. The zero-order chi connectivity index (χ0) is 12.4. The molecule has 4 N–H and O–H groups in total. The van der Waals surface area contributed by atoms with E-state index in [1.165, 1.54) is 24.3 Å². The van der Waals surface area contributed by atoms with Crippen LogP contribution in [0.15, 0.2) is 18.2 Å². The Hall–Kier alpha value is -1.36. The summed E-state index contributed by atoms with van der Waals surface area (Å²) in [5, 5.41) is 3.41. The zero-order valence-electron chi connectivity index (χ0n) is 10.3. The molecule has 0 bridgehead atoms. The third-order valence-corrected chi connectivity index (χ3v) is 4.45. The summed E-state index contributed by atoms with van der Waals surface area (Å²) < 4.78 is 0. The molecule has 0 unspecified atom stereocenters. The minimum atomic E-state index is 0.766. The summed E-state index contributed by atoms with van der Waals surface area (Å²) in [5.41, 5.74) is 8.48. The van der Waals surface area contributed by atoms with Crippen LogP contribution in [0.25, 0.3) is 11.0 Å². The van der Waals surface area contributed by atoms with Crippen molar-refractivity contribution in [1.82, 2.24) is 9.97 Å². The number of aromatic nitrogens is 2. The molecule has 3 rings (SSSR count). The van der Waals surface area contributed by atoms with Gasteiger partial charge in [0.05, 0.1) is 11.0 Å². The Morgan fingerprint density at radius 1 is 1.39 bits per heavy atom. The molecule has 0 spiro atoms. The van der Waals surface area contributed by atoms with Crippen LogP contribution in [-0.2, 0) is 0 Å². The van der Waals surface area contributed by atoms with Gasteiger partial charge in [0.25, 0.3) is 0 Å². The van der Waals surface area contributed by atoms with E-state index in [2.05, 4.69) is 27.0 Å². The van der Waals surface area contributed by atoms with E-state index < -0.39 is 0 Å². The number of thioether (sulfide) groups is 1. The fraction of sp³-hybridized carbons (Fsp3) is 0.462. The van der Waals surface area contributed by atoms with Gasteiger partial charge >= 0.3 is 0 Å². The van der Waals surface area contributed by atoms with Crippen molar-refractivity contribution in [3.8, 4) is 0 Å². The summed E-state index contributed by atoms with van der Waals surface area (Å²) >= 11 is 2.06. The van der Waals surface area contributed by atoms with Gasteiger partial charge in [-0.15, -0.1) is 0 Å². The second-order valence-corrected chi connectivity index (χ2v) is 6.02. The molecule has 0 saturated carbocycles. The second-order valence-electron chi connectivity index (χ2n) is 4.80. The number of aromatic amines is 1. The van der Waals surface area contributed by atoms with E-state index in [-0.39, 0.29) is 0 Å². The number of nitrogens with two attached hydrogens (primary N) is 1. The molecule has 2 heterocycles. The van der Waals surface area contributed by atoms with Crippen LogP contribution in [0.1, 0.15) is 12.8 Å². The van der Waals surface area contributed by atoms with Gasteiger partial charge in [0, 0.05) is 12.2 Å². The molecule has 1 aromatic heterocycles. The zero-order valence-corrected chi connectivity index (χ0v) is 11.1. The van der Waals surface area contributed by atoms with Crippen LogP contribution in [0, 0.1) is 5.92 Å². The van der Waals surface area contributed by atoms with Gasteiger partial charge in [-0.1, -0.05) is 0 Å². The number of rotatable bonds is 3. The lowest BCUT2D eigenvalue weighted by Gasteiger charge is -2.21. The largest absolute Gasteiger partial charge is 0.399 e. The van der Waals surface area contributed by atoms with Gasteiger partial charge in [0.1, 0.15) is 0 Å². The Labute approximate surface area is 111 Å². The maximum atomic E-state index is 5.75. The second kappa shape index (κ2) is 5.10. The number of H-pyrrole nitrogens is 1. The van der Waals surface area contributed by atoms with Crippen LogP contribution in [0.4, 0.5) is 11.6 Å². The number of hydrogen-bond acceptors (Lipinski definition) is 4. The van der Waals surface area contributed by atoms with Crippen molar-refractivity contribution < 1.29 is 0 Å². The van der Waals surface area contributed by atoms with Crippen molar-refractivity contribution in [1.29, 1.82) is 0 Å². The quantitative estimate of drug-likeness (QED) is 0.744. The van der Waals surface area contributed by atoms with Crippen LogP contribution in [0.5, 0.6) is 0 Å². The summed E-state index contributed by atoms with van der Waals surface area (Å²) in [6, 6.07) is 5.75. The number of nitrogen functional groups attached to an aromatic ring is 1. The van der Waals surface area contributed by atoms with E-state index in [1.54, 1.807) is 0 Å². The first-order valence-electron chi connectivity index (χ1n) is 6.38. The first-order valence-corrected chi connectivity index (χ1v) is 7.53. The van der Waals surface area contributed by atoms with Crippen LogP contribution < -0.4 is 11.1 Å². The minimum Gasteiger partial charge on any atom is -0.399 e. The van der Waals surface area contributed by atoms with Crippen molar-refractivity contribution in [2.24, 2.45) is 5.92 Å². The van der Waals surface area contributed by atoms with Gasteiger partial charge in [-0.3, -0.25) is 0 Å². The average molecular weight is 262 g/mol. The number of nitrogens with one attached hydrogen (secondary N) is 2. The predicted molar refractivity (Wildman–Crippen MR) is 79.0 cm³/mol. The average Bonchev–Trinajstić information content (AvgIpc) is 2.79. The highest BCUT2D eigenvalue weighted by Gasteiger charge is 2.13. The van der Waals surface area contributed by atoms with E-state index in [0.717, 1.165) is 35.1 Å². The van der Waals surface area contributed by atoms with Crippen molar-refractivity contribution in [3.63, 3.8) is 0 Å². The van der Waals surface area contributed by atoms with Crippen molar-refractivity contribution in [2.75, 3.05) is 29.1 Å². The molecule has 5 heteroatoms. The SMILES string of the molecule is Nc1ccc2nc(NCC3CCSCC3)[nH]c2c1. The Morgan fingerprint density at radius 2 is 2.22 bits per heavy atom. The van der Waals surface area contributed by atoms with Gasteiger partial charge in [-0.05, 0) is 48.5 Å². The van der Waals surface area contributed by atoms with Gasteiger partial charge in [-0.2, -0.15) is 11.8 Å². The van der Waals surface area contributed by atoms with E-state index >= 15 is 0 Å². The Bertz CT molecular complexity index is 531. The number of benzene rings is 1. The lowest BCUT2D eigenvalue weighted by molar-refractivity contribution is 0.515. The molecule has 1 saturated heterocycles. The van der Waals surface area contributed by atoms with Crippen molar-refractivity contribution >= 4 is 34.4 Å². The number of anilines is 2. The molecule has 0 amide bonds. The molecule has 18 heavy (non-hydrogen) atoms. The fourth-order valence-electron chi connectivity index (χ4n) is 2.30. The summed E-state index contributed by atoms with van der Waals surface area (Å²) in [5.74, 6) is 4.23. The standard InChI is InChI=1S/C13H18N4S/c14-10-1-2-11-12(7-10)17-13(16-11)15-8-9-3-5-18-6-4-9/h1-2,7,9H,3-6,8,14H2,(H2,15,16,17). The first kappa shape index (κ1) is 11.7. The lowest BCUT2D eigenvalue weighted by Crippen LogP contribution is -2.19. The molecule has 4 nitrogen and oxygen atoms in total. The maximum Gasteiger partial charge on any atom is 0.201 e. The van der Waals surface area contributed by atoms with Gasteiger partial charge in [0.15, 0.2) is 0 Å². The highest BCUT2D eigenvalue weighted by molar-refractivity contribution is 7.99. The van der Waals surface area contributed by atoms with E-state index in [9.17, 15) is 0 Å². The molecule has 0 radical (unpaired) electrons. The molecule has 96 valence electrons. The highest BCUT2D eigenvalue weighted by atomic mass is 32.2. The number of hydrogen-bond donors (Lipinski definition) is 3. The highest BCUT2D eigenvalue weighted by Crippen LogP contribution is 2.23. The first-order chi connectivity index (χ1) is 8.81. The third-order valence-electron chi connectivity index (χ3n) is 3.40. The maximum absolute atomic E-state index is 5.75. The Morgan fingerprint density at radius 3 is 3.06 bits per heavy atom. The Balaban J connectivity index is 1.67. The number of imidazole rings is 1.